The first-order chi connectivity index (χ1) is 29.5. The summed E-state index contributed by atoms with van der Waals surface area (Å²) < 4.78 is 40.9. The zero-order valence-electron chi connectivity index (χ0n) is 35.2. The molecule has 1 atom stereocenters. The minimum Gasteiger partial charge on any atom is -0.460 e. The summed E-state index contributed by atoms with van der Waals surface area (Å²) in [6.07, 6.45) is 7.13. The number of esters is 1. The van der Waals surface area contributed by atoms with E-state index in [2.05, 4.69) is 41.5 Å². The van der Waals surface area contributed by atoms with Crippen molar-refractivity contribution in [2.45, 2.75) is 70.9 Å². The first kappa shape index (κ1) is 48.5. The molecule has 0 radical (unpaired) electrons. The van der Waals surface area contributed by atoms with Crippen LogP contribution in [0.15, 0.2) is 72.3 Å². The highest BCUT2D eigenvalue weighted by Crippen LogP contribution is 2.20. The van der Waals surface area contributed by atoms with Gasteiger partial charge < -0.3 is 41.2 Å². The Morgan fingerprint density at radius 3 is 2.21 bits per heavy atom. The lowest BCUT2D eigenvalue weighted by molar-refractivity contribution is -0.154. The van der Waals surface area contributed by atoms with E-state index < -0.39 is 45.6 Å². The van der Waals surface area contributed by atoms with Gasteiger partial charge in [-0.2, -0.15) is 0 Å². The summed E-state index contributed by atoms with van der Waals surface area (Å²) in [5.74, 6) is -2.09. The van der Waals surface area contributed by atoms with Crippen molar-refractivity contribution in [3.8, 4) is 11.1 Å². The minimum atomic E-state index is -3.51. The van der Waals surface area contributed by atoms with Crippen LogP contribution in [0, 0.1) is 5.41 Å². The Kier molecular flexibility index (Phi) is 18.6. The molecule has 2 aromatic heterocycles. The number of carbonyl (C=O) groups excluding carboxylic acids is 5. The number of rotatable bonds is 24. The highest BCUT2D eigenvalue weighted by molar-refractivity contribution is 7.90. The van der Waals surface area contributed by atoms with E-state index in [1.54, 1.807) is 80.2 Å². The van der Waals surface area contributed by atoms with Crippen LogP contribution in [-0.2, 0) is 62.9 Å². The van der Waals surface area contributed by atoms with E-state index in [0.29, 0.717) is 60.4 Å². The van der Waals surface area contributed by atoms with Crippen molar-refractivity contribution in [2.24, 2.45) is 11.1 Å². The molecule has 0 saturated heterocycles. The van der Waals surface area contributed by atoms with Gasteiger partial charge in [-0.1, -0.05) is 29.5 Å². The molecule has 0 saturated carbocycles. The van der Waals surface area contributed by atoms with Gasteiger partial charge in [-0.05, 0) is 82.0 Å². The van der Waals surface area contributed by atoms with Crippen LogP contribution in [0.25, 0.3) is 11.1 Å². The number of hydrogen-bond donors (Lipinski definition) is 5. The van der Waals surface area contributed by atoms with Crippen molar-refractivity contribution in [2.75, 3.05) is 51.1 Å². The van der Waals surface area contributed by atoms with Gasteiger partial charge in [-0.15, -0.1) is 5.10 Å². The Labute approximate surface area is 360 Å². The fourth-order valence-corrected chi connectivity index (χ4v) is 5.85. The van der Waals surface area contributed by atoms with Crippen LogP contribution in [0.4, 0.5) is 5.69 Å². The lowest BCUT2D eigenvalue weighted by Crippen LogP contribution is -2.45. The standard InChI is InChI=1S/C41H54N10O10S/c1-41(2,3)39(56)61-25-28-8-14-32(15-9-28)47-38(55)34(7-5-6-16-42)48-36(53)27-60-26-35(52)43-17-19-59-20-18-51-24-33(49-50-51)23-44-37(54)30-12-10-29(11-13-30)31-21-45-40(46-22-31)62(4,57)58/h8-15,21-22,24,34H,5-7,16-20,23,25-27,42H2,1-4H3,(H,43,52)(H,44,54)(H,47,55)(H,48,53)/t34-/m0/s1. The molecule has 21 heteroatoms. The summed E-state index contributed by atoms with van der Waals surface area (Å²) in [4.78, 5) is 70.5. The van der Waals surface area contributed by atoms with E-state index in [0.717, 1.165) is 11.8 Å². The monoisotopic (exact) mass is 878 g/mol. The number of nitrogens with zero attached hydrogens (tertiary/aromatic N) is 5. The highest BCUT2D eigenvalue weighted by Gasteiger charge is 2.24. The predicted octanol–water partition coefficient (Wildman–Crippen LogP) is 1.56. The average Bonchev–Trinajstić information content (AvgIpc) is 3.70. The molecule has 2 heterocycles. The number of anilines is 1. The van der Waals surface area contributed by atoms with Crippen LogP contribution in [0.5, 0.6) is 0 Å². The second-order valence-corrected chi connectivity index (χ2v) is 17.0. The topological polar surface area (TPSA) is 278 Å². The van der Waals surface area contributed by atoms with Crippen molar-refractivity contribution in [3.05, 3.63) is 83.9 Å². The number of amides is 4. The molecule has 4 rings (SSSR count). The van der Waals surface area contributed by atoms with Crippen molar-refractivity contribution < 1.29 is 46.6 Å². The summed E-state index contributed by atoms with van der Waals surface area (Å²) in [6.45, 7) is 6.21. The lowest BCUT2D eigenvalue weighted by Gasteiger charge is -2.19. The fourth-order valence-electron chi connectivity index (χ4n) is 5.36. The summed E-state index contributed by atoms with van der Waals surface area (Å²) in [5, 5.41) is 18.7. The van der Waals surface area contributed by atoms with E-state index in [-0.39, 0.29) is 56.5 Å². The molecule has 0 aliphatic rings. The largest absolute Gasteiger partial charge is 0.460 e. The molecule has 334 valence electrons. The smallest absolute Gasteiger partial charge is 0.311 e. The molecular weight excluding hydrogens is 825 g/mol. The van der Waals surface area contributed by atoms with Gasteiger partial charge in [-0.3, -0.25) is 24.0 Å². The number of aromatic nitrogens is 5. The number of sulfone groups is 1. The Bertz CT molecular complexity index is 2210. The Morgan fingerprint density at radius 1 is 0.855 bits per heavy atom. The molecule has 0 aliphatic carbocycles. The summed E-state index contributed by atoms with van der Waals surface area (Å²) in [7, 11) is -3.51. The van der Waals surface area contributed by atoms with E-state index in [1.807, 2.05) is 0 Å². The molecular formula is C41H54N10O10S. The molecule has 0 fully saturated rings. The van der Waals surface area contributed by atoms with Gasteiger partial charge in [0.2, 0.25) is 32.7 Å². The maximum absolute atomic E-state index is 13.1. The van der Waals surface area contributed by atoms with Crippen molar-refractivity contribution in [1.82, 2.24) is 40.9 Å². The van der Waals surface area contributed by atoms with Gasteiger partial charge in [0.05, 0.1) is 37.9 Å². The summed E-state index contributed by atoms with van der Waals surface area (Å²) >= 11 is 0. The first-order valence-corrected chi connectivity index (χ1v) is 21.7. The Morgan fingerprint density at radius 2 is 1.55 bits per heavy atom. The molecule has 6 N–H and O–H groups in total. The molecule has 62 heavy (non-hydrogen) atoms. The number of nitrogens with one attached hydrogen (secondary N) is 4. The van der Waals surface area contributed by atoms with Gasteiger partial charge in [0.1, 0.15) is 31.6 Å². The highest BCUT2D eigenvalue weighted by atomic mass is 32.2. The zero-order valence-corrected chi connectivity index (χ0v) is 36.0. The minimum absolute atomic E-state index is 0.0997. The fraction of sp³-hybridized carbons (Fsp3) is 0.439. The van der Waals surface area contributed by atoms with Crippen molar-refractivity contribution in [1.29, 1.82) is 0 Å². The Balaban J connectivity index is 1.07. The van der Waals surface area contributed by atoms with Crippen LogP contribution in [0.3, 0.4) is 0 Å². The predicted molar refractivity (Wildman–Crippen MR) is 226 cm³/mol. The van der Waals surface area contributed by atoms with Gasteiger partial charge in [0.25, 0.3) is 5.91 Å². The molecule has 2 aromatic carbocycles. The van der Waals surface area contributed by atoms with Gasteiger partial charge in [0.15, 0.2) is 0 Å². The van der Waals surface area contributed by atoms with Gasteiger partial charge >= 0.3 is 5.97 Å². The third kappa shape index (κ3) is 16.7. The van der Waals surface area contributed by atoms with E-state index in [9.17, 15) is 32.4 Å². The molecule has 20 nitrogen and oxygen atoms in total. The maximum Gasteiger partial charge on any atom is 0.311 e. The molecule has 0 aliphatic heterocycles. The zero-order chi connectivity index (χ0) is 45.1. The number of benzene rings is 2. The van der Waals surface area contributed by atoms with E-state index >= 15 is 0 Å². The third-order valence-corrected chi connectivity index (χ3v) is 9.63. The summed E-state index contributed by atoms with van der Waals surface area (Å²) in [5.41, 5.74) is 8.51. The first-order valence-electron chi connectivity index (χ1n) is 19.8. The molecule has 0 unspecified atom stereocenters. The molecule has 4 aromatic rings. The number of unbranched alkanes of at least 4 members (excludes halogenated alkanes) is 1. The van der Waals surface area contributed by atoms with E-state index in [4.69, 9.17) is 19.9 Å². The van der Waals surface area contributed by atoms with Gasteiger partial charge in [0, 0.05) is 42.0 Å². The van der Waals surface area contributed by atoms with Crippen LogP contribution >= 0.6 is 0 Å². The average molecular weight is 879 g/mol. The third-order valence-electron chi connectivity index (χ3n) is 8.76. The molecule has 0 spiro atoms. The second kappa shape index (κ2) is 23.7. The van der Waals surface area contributed by atoms with Crippen LogP contribution < -0.4 is 27.0 Å². The van der Waals surface area contributed by atoms with Gasteiger partial charge in [-0.25, -0.2) is 23.1 Å². The van der Waals surface area contributed by atoms with Crippen molar-refractivity contribution >= 4 is 45.1 Å². The SMILES string of the molecule is CC(C)(C)C(=O)OCc1ccc(NC(=O)[C@H](CCCCN)NC(=O)COCC(=O)NCCOCCn2cc(CNC(=O)c3ccc(-c4cnc(S(C)(=O)=O)nc4)cc3)nn2)cc1. The van der Waals surface area contributed by atoms with Crippen LogP contribution in [0.1, 0.15) is 61.6 Å². The number of ether oxygens (including phenoxy) is 3. The van der Waals surface area contributed by atoms with E-state index in [1.165, 1.54) is 12.4 Å². The number of hydrogen-bond acceptors (Lipinski definition) is 15. The summed E-state index contributed by atoms with van der Waals surface area (Å²) in [6, 6.07) is 12.6. The number of carbonyl (C=O) groups is 5. The lowest BCUT2D eigenvalue weighted by atomic mass is 9.97. The van der Waals surface area contributed by atoms with Crippen LogP contribution in [-0.4, -0.2) is 115 Å². The molecule has 4 amide bonds. The van der Waals surface area contributed by atoms with Crippen molar-refractivity contribution in [3.63, 3.8) is 0 Å². The molecule has 0 bridgehead atoms. The normalized spacial score (nSPS) is 12.0. The second-order valence-electron chi connectivity index (χ2n) is 15.1. The number of nitrogens with two attached hydrogens (primary N) is 1. The maximum atomic E-state index is 13.1. The quantitative estimate of drug-likeness (QED) is 0.0380. The van der Waals surface area contributed by atoms with Crippen LogP contribution in [0.2, 0.25) is 0 Å². The Hall–Kier alpha value is -6.16.